The van der Waals surface area contributed by atoms with Gasteiger partial charge in [0.1, 0.15) is 11.9 Å². The van der Waals surface area contributed by atoms with Crippen LogP contribution < -0.4 is 9.80 Å². The van der Waals surface area contributed by atoms with Gasteiger partial charge in [-0.1, -0.05) is 6.07 Å². The van der Waals surface area contributed by atoms with Crippen molar-refractivity contribution in [3.63, 3.8) is 0 Å². The van der Waals surface area contributed by atoms with Gasteiger partial charge in [0.05, 0.1) is 36.5 Å². The molecule has 0 saturated carbocycles. The lowest BCUT2D eigenvalue weighted by atomic mass is 9.92. The summed E-state index contributed by atoms with van der Waals surface area (Å²) in [5.74, 6) is -0.0349. The van der Waals surface area contributed by atoms with Crippen molar-refractivity contribution in [1.29, 1.82) is 16.1 Å². The highest BCUT2D eigenvalue weighted by molar-refractivity contribution is 5.91. The highest BCUT2D eigenvalue weighted by Crippen LogP contribution is 2.40. The Bertz CT molecular complexity index is 1050. The van der Waals surface area contributed by atoms with Crippen molar-refractivity contribution in [2.24, 2.45) is 5.92 Å². The molecule has 0 amide bonds. The number of hydrogen-bond donors (Lipinski definition) is 2. The molecule has 8 nitrogen and oxygen atoms in total. The number of nitriles is 1. The van der Waals surface area contributed by atoms with Crippen molar-refractivity contribution in [1.82, 2.24) is 9.88 Å². The highest BCUT2D eigenvalue weighted by atomic mass is 19.1. The van der Waals surface area contributed by atoms with E-state index in [1.165, 1.54) is 17.2 Å². The summed E-state index contributed by atoms with van der Waals surface area (Å²) in [7, 11) is 1.72. The molecule has 1 aromatic carbocycles. The van der Waals surface area contributed by atoms with E-state index in [0.717, 1.165) is 54.8 Å². The van der Waals surface area contributed by atoms with Crippen LogP contribution in [0.15, 0.2) is 30.5 Å². The number of ether oxygens (including phenoxy) is 1. The minimum absolute atomic E-state index is 0.0664. The lowest BCUT2D eigenvalue weighted by molar-refractivity contribution is 0.122. The topological polar surface area (TPSA) is 103 Å². The van der Waals surface area contributed by atoms with Gasteiger partial charge in [-0.2, -0.15) is 9.65 Å². The molecule has 0 unspecified atom stereocenters. The first-order valence-electron chi connectivity index (χ1n) is 11.1. The Morgan fingerprint density at radius 1 is 1.18 bits per heavy atom. The number of piperidine rings is 1. The van der Waals surface area contributed by atoms with Gasteiger partial charge in [0.15, 0.2) is 0 Å². The maximum Gasteiger partial charge on any atom is 0.212 e. The van der Waals surface area contributed by atoms with Crippen LogP contribution in [-0.4, -0.2) is 68.5 Å². The van der Waals surface area contributed by atoms with E-state index >= 15 is 0 Å². The largest absolute Gasteiger partial charge is 0.378 e. The third-order valence-corrected chi connectivity index (χ3v) is 6.43. The first kappa shape index (κ1) is 22.7. The van der Waals surface area contributed by atoms with Gasteiger partial charge in [-0.15, -0.1) is 0 Å². The Kier molecular flexibility index (Phi) is 6.84. The molecule has 3 heterocycles. The fourth-order valence-electron chi connectivity index (χ4n) is 4.59. The predicted molar refractivity (Wildman–Crippen MR) is 127 cm³/mol. The number of morpholine rings is 1. The Morgan fingerprint density at radius 3 is 2.52 bits per heavy atom. The van der Waals surface area contributed by atoms with Crippen LogP contribution in [0.4, 0.5) is 15.8 Å². The Labute approximate surface area is 193 Å². The van der Waals surface area contributed by atoms with Gasteiger partial charge in [-0.3, -0.25) is 10.8 Å². The maximum absolute atomic E-state index is 13.5. The molecule has 2 aliphatic rings. The van der Waals surface area contributed by atoms with Crippen LogP contribution in [-0.2, 0) is 4.74 Å². The molecule has 2 aromatic rings. The molecule has 1 aromatic heterocycles. The summed E-state index contributed by atoms with van der Waals surface area (Å²) >= 11 is 0. The molecular weight excluding hydrogens is 421 g/mol. The molecule has 33 heavy (non-hydrogen) atoms. The van der Waals surface area contributed by atoms with E-state index in [0.29, 0.717) is 37.7 Å². The molecule has 2 saturated heterocycles. The molecule has 4 rings (SSSR count). The number of amidine groups is 1. The number of aromatic nitrogens is 1. The standard InChI is InChI=1S/C24H28FN7O/c1-30(16-27)24(28)17-6-8-32(9-7-17)23-19(18-2-5-22(25)29-15-18)3-4-21(20(23)14-26)31-10-12-33-13-11-31/h2-5,15-17,27-28H,6-13H2,1H3. The van der Waals surface area contributed by atoms with Crippen LogP contribution in [0.1, 0.15) is 18.4 Å². The van der Waals surface area contributed by atoms with Crippen molar-refractivity contribution >= 4 is 23.5 Å². The smallest absolute Gasteiger partial charge is 0.212 e. The minimum Gasteiger partial charge on any atom is -0.378 e. The second-order valence-electron chi connectivity index (χ2n) is 8.32. The van der Waals surface area contributed by atoms with E-state index < -0.39 is 5.95 Å². The van der Waals surface area contributed by atoms with Crippen molar-refractivity contribution in [2.75, 3.05) is 56.2 Å². The molecule has 0 radical (unpaired) electrons. The highest BCUT2D eigenvalue weighted by Gasteiger charge is 2.29. The van der Waals surface area contributed by atoms with Crippen LogP contribution in [0.2, 0.25) is 0 Å². The van der Waals surface area contributed by atoms with Crippen molar-refractivity contribution in [3.8, 4) is 17.2 Å². The normalized spacial score (nSPS) is 16.9. The summed E-state index contributed by atoms with van der Waals surface area (Å²) in [6, 6.07) is 9.43. The summed E-state index contributed by atoms with van der Waals surface area (Å²) in [6.07, 6.45) is 4.18. The molecule has 0 bridgehead atoms. The van der Waals surface area contributed by atoms with Crippen molar-refractivity contribution in [2.45, 2.75) is 12.8 Å². The van der Waals surface area contributed by atoms with Crippen LogP contribution in [0.3, 0.4) is 0 Å². The van der Waals surface area contributed by atoms with E-state index in [9.17, 15) is 9.65 Å². The summed E-state index contributed by atoms with van der Waals surface area (Å²) in [5, 5.41) is 26.0. The monoisotopic (exact) mass is 449 g/mol. The fraction of sp³-hybridized carbons (Fsp3) is 0.417. The minimum atomic E-state index is -0.541. The van der Waals surface area contributed by atoms with Crippen LogP contribution in [0.25, 0.3) is 11.1 Å². The van der Waals surface area contributed by atoms with Crippen LogP contribution >= 0.6 is 0 Å². The molecule has 9 heteroatoms. The van der Waals surface area contributed by atoms with Gasteiger partial charge in [0.25, 0.3) is 0 Å². The predicted octanol–water partition coefficient (Wildman–Crippen LogP) is 3.33. The zero-order valence-electron chi connectivity index (χ0n) is 18.7. The number of hydrogen-bond acceptors (Lipinski definition) is 7. The SMILES string of the molecule is CN(C=N)C(=N)C1CCN(c2c(-c3ccc(F)nc3)ccc(N3CCOCC3)c2C#N)CC1. The number of rotatable bonds is 5. The molecule has 172 valence electrons. The number of halogens is 1. The number of nitrogens with one attached hydrogen (secondary N) is 2. The lowest BCUT2D eigenvalue weighted by Gasteiger charge is -2.38. The van der Waals surface area contributed by atoms with Gasteiger partial charge >= 0.3 is 0 Å². The molecule has 0 atom stereocenters. The summed E-state index contributed by atoms with van der Waals surface area (Å²) < 4.78 is 19.0. The maximum atomic E-state index is 13.5. The molecule has 2 N–H and O–H groups in total. The van der Waals surface area contributed by atoms with Crippen LogP contribution in [0, 0.1) is 34.0 Å². The Balaban J connectivity index is 1.72. The third-order valence-electron chi connectivity index (χ3n) is 6.43. The first-order chi connectivity index (χ1) is 16.0. The van der Waals surface area contributed by atoms with E-state index in [-0.39, 0.29) is 5.92 Å². The van der Waals surface area contributed by atoms with E-state index in [1.54, 1.807) is 13.1 Å². The van der Waals surface area contributed by atoms with Gasteiger partial charge < -0.3 is 19.4 Å². The van der Waals surface area contributed by atoms with Gasteiger partial charge in [0.2, 0.25) is 5.95 Å². The van der Waals surface area contributed by atoms with Crippen LogP contribution in [0.5, 0.6) is 0 Å². The average molecular weight is 450 g/mol. The van der Waals surface area contributed by atoms with Gasteiger partial charge in [0, 0.05) is 56.5 Å². The fourth-order valence-corrected chi connectivity index (χ4v) is 4.59. The molecule has 0 spiro atoms. The van der Waals surface area contributed by atoms with E-state index in [2.05, 4.69) is 20.9 Å². The molecular formula is C24H28FN7O. The number of anilines is 2. The Hall–Kier alpha value is -3.51. The Morgan fingerprint density at radius 2 is 1.91 bits per heavy atom. The number of nitrogens with zero attached hydrogens (tertiary/aromatic N) is 5. The number of pyridine rings is 1. The first-order valence-corrected chi connectivity index (χ1v) is 11.1. The summed E-state index contributed by atoms with van der Waals surface area (Å²) in [4.78, 5) is 9.75. The van der Waals surface area contributed by atoms with Gasteiger partial charge in [-0.05, 0) is 31.0 Å². The molecule has 2 aliphatic heterocycles. The molecule has 2 fully saturated rings. The number of benzene rings is 1. The third kappa shape index (κ3) is 4.66. The summed E-state index contributed by atoms with van der Waals surface area (Å²) in [6.45, 7) is 4.06. The van der Waals surface area contributed by atoms with Crippen molar-refractivity contribution < 1.29 is 9.13 Å². The quantitative estimate of drug-likeness (QED) is 0.412. The zero-order chi connectivity index (χ0) is 23.4. The summed E-state index contributed by atoms with van der Waals surface area (Å²) in [5.41, 5.74) is 3.92. The van der Waals surface area contributed by atoms with E-state index in [1.807, 2.05) is 12.1 Å². The van der Waals surface area contributed by atoms with Crippen molar-refractivity contribution in [3.05, 3.63) is 42.0 Å². The molecule has 0 aliphatic carbocycles. The zero-order valence-corrected chi connectivity index (χ0v) is 18.7. The second-order valence-corrected chi connectivity index (χ2v) is 8.32. The van der Waals surface area contributed by atoms with E-state index in [4.69, 9.17) is 15.6 Å². The lowest BCUT2D eigenvalue weighted by Crippen LogP contribution is -2.41. The second kappa shape index (κ2) is 9.96. The van der Waals surface area contributed by atoms with Gasteiger partial charge in [-0.25, -0.2) is 4.98 Å². The average Bonchev–Trinajstić information content (AvgIpc) is 2.88.